The van der Waals surface area contributed by atoms with Gasteiger partial charge in [-0.1, -0.05) is 0 Å². The van der Waals surface area contributed by atoms with Crippen LogP contribution in [0.3, 0.4) is 0 Å². The lowest BCUT2D eigenvalue weighted by Crippen LogP contribution is -2.34. The van der Waals surface area contributed by atoms with Crippen LogP contribution in [0.4, 0.5) is 5.88 Å². The molecule has 1 aliphatic heterocycles. The van der Waals surface area contributed by atoms with Crippen LogP contribution in [0.25, 0.3) is 0 Å². The highest BCUT2D eigenvalue weighted by molar-refractivity contribution is 6.01. The molecule has 2 aliphatic rings. The molecule has 2 heterocycles. The van der Waals surface area contributed by atoms with Crippen LogP contribution in [0, 0.1) is 32.8 Å². The van der Waals surface area contributed by atoms with E-state index in [0.29, 0.717) is 30.6 Å². The maximum atomic E-state index is 12.2. The van der Waals surface area contributed by atoms with Gasteiger partial charge in [0.25, 0.3) is 0 Å². The van der Waals surface area contributed by atoms with Gasteiger partial charge in [-0.25, -0.2) is 0 Å². The van der Waals surface area contributed by atoms with Crippen molar-refractivity contribution < 1.29 is 18.9 Å². The zero-order chi connectivity index (χ0) is 15.9. The highest BCUT2D eigenvalue weighted by Crippen LogP contribution is 2.44. The second kappa shape index (κ2) is 5.11. The van der Waals surface area contributed by atoms with Crippen LogP contribution in [0.15, 0.2) is 27.9 Å². The lowest BCUT2D eigenvalue weighted by atomic mass is 9.76. The van der Waals surface area contributed by atoms with Crippen molar-refractivity contribution in [3.05, 3.63) is 39.3 Å². The topological polar surface area (TPSA) is 130 Å². The molecule has 3 rings (SSSR count). The molecule has 0 radical (unpaired) electrons. The Morgan fingerprint density at radius 2 is 2.18 bits per heavy atom. The summed E-state index contributed by atoms with van der Waals surface area (Å²) in [4.78, 5) is 22.3. The number of carbonyl (C=O) groups is 1. The van der Waals surface area contributed by atoms with Gasteiger partial charge in [-0.05, 0) is 12.5 Å². The highest BCUT2D eigenvalue weighted by Gasteiger charge is 2.44. The Morgan fingerprint density at radius 1 is 1.41 bits per heavy atom. The molecule has 0 aromatic carbocycles. The van der Waals surface area contributed by atoms with Crippen molar-refractivity contribution in [1.82, 2.24) is 0 Å². The van der Waals surface area contributed by atoms with Crippen molar-refractivity contribution in [3.63, 3.8) is 0 Å². The molecule has 2 atom stereocenters. The fourth-order valence-corrected chi connectivity index (χ4v) is 2.85. The number of hydrogen-bond acceptors (Lipinski definition) is 7. The molecule has 0 amide bonds. The van der Waals surface area contributed by atoms with E-state index in [1.807, 2.05) is 6.07 Å². The van der Waals surface area contributed by atoms with Gasteiger partial charge in [0.05, 0.1) is 18.1 Å². The van der Waals surface area contributed by atoms with E-state index >= 15 is 0 Å². The third kappa shape index (κ3) is 2.07. The zero-order valence-corrected chi connectivity index (χ0v) is 11.4. The van der Waals surface area contributed by atoms with Gasteiger partial charge in [0.15, 0.2) is 5.78 Å². The number of ketones is 1. The molecule has 1 aromatic rings. The minimum atomic E-state index is -1.04. The molecule has 8 nitrogen and oxygen atoms in total. The molecule has 0 bridgehead atoms. The summed E-state index contributed by atoms with van der Waals surface area (Å²) in [6, 6.07) is 4.48. The smallest absolute Gasteiger partial charge is 0.433 e. The quantitative estimate of drug-likeness (QED) is 0.659. The number of nitro groups is 1. The van der Waals surface area contributed by atoms with Gasteiger partial charge < -0.3 is 9.15 Å². The van der Waals surface area contributed by atoms with E-state index in [9.17, 15) is 20.2 Å². The first kappa shape index (κ1) is 14.0. The predicted molar refractivity (Wildman–Crippen MR) is 71.9 cm³/mol. The van der Waals surface area contributed by atoms with Crippen LogP contribution in [0.1, 0.15) is 30.9 Å². The number of Topliss-reactive ketones (excluding diaryl/α,β-unsaturated/α-hetero) is 1. The Labute approximate surface area is 124 Å². The summed E-state index contributed by atoms with van der Waals surface area (Å²) in [5.74, 6) is -2.26. The molecule has 1 aliphatic carbocycles. The van der Waals surface area contributed by atoms with Crippen molar-refractivity contribution in [1.29, 1.82) is 10.7 Å². The average molecular weight is 301 g/mol. The van der Waals surface area contributed by atoms with E-state index in [1.54, 1.807) is 0 Å². The molecule has 22 heavy (non-hydrogen) atoms. The maximum Gasteiger partial charge on any atom is 0.433 e. The summed E-state index contributed by atoms with van der Waals surface area (Å²) in [5.41, 5.74) is 0.304. The van der Waals surface area contributed by atoms with E-state index in [0.717, 1.165) is 0 Å². The number of rotatable bonds is 2. The molecule has 0 saturated carbocycles. The Hall–Kier alpha value is -2.95. The number of nitriles is 1. The summed E-state index contributed by atoms with van der Waals surface area (Å²) < 4.78 is 10.5. The lowest BCUT2D eigenvalue weighted by molar-refractivity contribution is -0.402. The van der Waals surface area contributed by atoms with Crippen molar-refractivity contribution >= 4 is 17.6 Å². The van der Waals surface area contributed by atoms with Gasteiger partial charge in [0, 0.05) is 18.4 Å². The second-order valence-electron chi connectivity index (χ2n) is 5.10. The first-order valence-electron chi connectivity index (χ1n) is 6.69. The fraction of sp³-hybridized carbons (Fsp3) is 0.357. The van der Waals surface area contributed by atoms with Gasteiger partial charge >= 0.3 is 5.88 Å². The van der Waals surface area contributed by atoms with Gasteiger partial charge in [0.1, 0.15) is 22.4 Å². The summed E-state index contributed by atoms with van der Waals surface area (Å²) >= 11 is 0. The van der Waals surface area contributed by atoms with Crippen LogP contribution >= 0.6 is 0 Å². The van der Waals surface area contributed by atoms with Gasteiger partial charge in [-0.3, -0.25) is 20.3 Å². The van der Waals surface area contributed by atoms with Crippen LogP contribution in [-0.4, -0.2) is 16.6 Å². The SMILES string of the molecule is N#CC1C(=N)OC2=C(C(=O)CCC2)C1c1ccc([N+](=O)[O-])o1. The lowest BCUT2D eigenvalue weighted by Gasteiger charge is -2.32. The second-order valence-corrected chi connectivity index (χ2v) is 5.10. The van der Waals surface area contributed by atoms with Gasteiger partial charge in [0.2, 0.25) is 5.90 Å². The van der Waals surface area contributed by atoms with Crippen LogP contribution < -0.4 is 0 Å². The summed E-state index contributed by atoms with van der Waals surface area (Å²) in [5, 5.41) is 27.9. The van der Waals surface area contributed by atoms with Crippen molar-refractivity contribution in [2.75, 3.05) is 0 Å². The van der Waals surface area contributed by atoms with E-state index in [1.165, 1.54) is 12.1 Å². The molecular formula is C14H11N3O5. The third-order valence-corrected chi connectivity index (χ3v) is 3.81. The number of furan rings is 1. The van der Waals surface area contributed by atoms with Crippen LogP contribution in [-0.2, 0) is 9.53 Å². The molecule has 0 saturated heterocycles. The molecule has 112 valence electrons. The molecule has 1 N–H and O–H groups in total. The number of allylic oxidation sites excluding steroid dienone is 2. The van der Waals surface area contributed by atoms with Crippen molar-refractivity contribution in [2.45, 2.75) is 25.2 Å². The zero-order valence-electron chi connectivity index (χ0n) is 11.4. The minimum Gasteiger partial charge on any atom is -0.446 e. The van der Waals surface area contributed by atoms with Crippen molar-refractivity contribution in [3.8, 4) is 6.07 Å². The van der Waals surface area contributed by atoms with E-state index < -0.39 is 22.6 Å². The summed E-state index contributed by atoms with van der Waals surface area (Å²) in [6.45, 7) is 0. The Morgan fingerprint density at radius 3 is 2.82 bits per heavy atom. The molecule has 0 spiro atoms. The van der Waals surface area contributed by atoms with E-state index in [2.05, 4.69) is 0 Å². The first-order chi connectivity index (χ1) is 10.5. The Bertz CT molecular complexity index is 755. The average Bonchev–Trinajstić information content (AvgIpc) is 2.95. The standard InChI is InChI=1S/C14H11N3O5/c15-6-7-12(10-4-5-11(21-10)17(19)20)13-8(18)2-1-3-9(13)22-14(7)16/h4-5,7,12,16H,1-3H2. The fourth-order valence-electron chi connectivity index (χ4n) is 2.85. The largest absolute Gasteiger partial charge is 0.446 e. The monoisotopic (exact) mass is 301 g/mol. The van der Waals surface area contributed by atoms with Crippen LogP contribution in [0.5, 0.6) is 0 Å². The maximum absolute atomic E-state index is 12.2. The number of hydrogen-bond donors (Lipinski definition) is 1. The molecule has 8 heteroatoms. The number of carbonyl (C=O) groups excluding carboxylic acids is 1. The molecule has 1 aromatic heterocycles. The normalized spacial score (nSPS) is 24.5. The molecular weight excluding hydrogens is 290 g/mol. The first-order valence-corrected chi connectivity index (χ1v) is 6.69. The third-order valence-electron chi connectivity index (χ3n) is 3.81. The van der Waals surface area contributed by atoms with E-state index in [-0.39, 0.29) is 17.4 Å². The summed E-state index contributed by atoms with van der Waals surface area (Å²) in [7, 11) is 0. The van der Waals surface area contributed by atoms with Gasteiger partial charge in [-0.2, -0.15) is 5.26 Å². The molecule has 2 unspecified atom stereocenters. The Balaban J connectivity index is 2.14. The summed E-state index contributed by atoms with van der Waals surface area (Å²) in [6.07, 6.45) is 1.45. The number of nitrogens with zero attached hydrogens (tertiary/aromatic N) is 2. The predicted octanol–water partition coefficient (Wildman–Crippen LogP) is 2.43. The highest BCUT2D eigenvalue weighted by atomic mass is 16.6. The van der Waals surface area contributed by atoms with Gasteiger partial charge in [-0.15, -0.1) is 0 Å². The number of ether oxygens (including phenoxy) is 1. The molecule has 0 fully saturated rings. The van der Waals surface area contributed by atoms with E-state index in [4.69, 9.17) is 14.6 Å². The minimum absolute atomic E-state index is 0.133. The number of nitrogens with one attached hydrogen (secondary N) is 1. The van der Waals surface area contributed by atoms with Crippen LogP contribution in [0.2, 0.25) is 0 Å². The van der Waals surface area contributed by atoms with Crippen molar-refractivity contribution in [2.24, 2.45) is 5.92 Å². The Kier molecular flexibility index (Phi) is 3.25.